The Balaban J connectivity index is 2.17. The minimum Gasteiger partial charge on any atom is -0.486 e. The summed E-state index contributed by atoms with van der Waals surface area (Å²) in [7, 11) is 1.20. The molecule has 0 unspecified atom stereocenters. The molecule has 2 rings (SSSR count). The molecule has 0 spiro atoms. The average Bonchev–Trinajstić information content (AvgIpc) is 2.61. The summed E-state index contributed by atoms with van der Waals surface area (Å²) in [4.78, 5) is 21.7. The topological polar surface area (TPSA) is 98.9 Å². The van der Waals surface area contributed by atoms with Crippen molar-refractivity contribution in [3.8, 4) is 5.75 Å². The largest absolute Gasteiger partial charge is 0.486 e. The van der Waals surface area contributed by atoms with Crippen LogP contribution in [0.5, 0.6) is 5.75 Å². The Morgan fingerprint density at radius 2 is 1.96 bits per heavy atom. The van der Waals surface area contributed by atoms with Gasteiger partial charge in [0.15, 0.2) is 6.10 Å². The zero-order chi connectivity index (χ0) is 20.1. The Kier molecular flexibility index (Phi) is 7.60. The van der Waals surface area contributed by atoms with Crippen molar-refractivity contribution in [2.45, 2.75) is 19.1 Å². The first kappa shape index (κ1) is 21.6. The monoisotopic (exact) mass is 521 g/mol. The van der Waals surface area contributed by atoms with Crippen molar-refractivity contribution >= 4 is 55.1 Å². The second kappa shape index (κ2) is 9.50. The van der Waals surface area contributed by atoms with Crippen molar-refractivity contribution in [3.63, 3.8) is 0 Å². The molecular weight excluding hydrogens is 509 g/mol. The smallest absolute Gasteiger partial charge is 0.335 e. The second-order valence-corrected chi connectivity index (χ2v) is 7.51. The van der Waals surface area contributed by atoms with Crippen molar-refractivity contribution in [1.29, 1.82) is 0 Å². The van der Waals surface area contributed by atoms with Gasteiger partial charge in [-0.2, -0.15) is 0 Å². The third kappa shape index (κ3) is 5.41. The van der Waals surface area contributed by atoms with Crippen LogP contribution in [0, 0.1) is 10.1 Å². The Labute approximate surface area is 176 Å². The maximum atomic E-state index is 11.3. The first-order valence-corrected chi connectivity index (χ1v) is 9.49. The van der Waals surface area contributed by atoms with Crippen LogP contribution in [0.15, 0.2) is 39.3 Å². The number of aliphatic hydroxyl groups is 1. The highest BCUT2D eigenvalue weighted by atomic mass is 79.9. The molecule has 2 aromatic rings. The van der Waals surface area contributed by atoms with Crippen LogP contribution in [0.2, 0.25) is 5.02 Å². The average molecular weight is 524 g/mol. The van der Waals surface area contributed by atoms with Crippen LogP contribution in [-0.4, -0.2) is 29.2 Å². The Hall–Kier alpha value is -1.68. The van der Waals surface area contributed by atoms with Gasteiger partial charge in [0, 0.05) is 18.1 Å². The molecule has 27 heavy (non-hydrogen) atoms. The maximum Gasteiger partial charge on any atom is 0.335 e. The normalized spacial score (nSPS) is 11.7. The predicted octanol–water partition coefficient (Wildman–Crippen LogP) is 4.43. The number of rotatable bonds is 7. The number of nitro groups is 1. The fraction of sp³-hybridized carbons (Fsp3) is 0.235. The number of carbonyl (C=O) groups is 1. The minimum atomic E-state index is -1.27. The highest BCUT2D eigenvalue weighted by Crippen LogP contribution is 2.36. The minimum absolute atomic E-state index is 0.0157. The standard InChI is InChI=1S/C17H14Br2ClNO6/c1-26-17(23)14(22)7-9-5-11(18)16(12(19)6-9)27-8-10-3-2-4-13(15(10)20)21(24)25/h2-6,14,22H,7-8H2,1H3/t14-/m1/s1. The number of nitro benzene ring substituents is 1. The second-order valence-electron chi connectivity index (χ2n) is 5.43. The van der Waals surface area contributed by atoms with Gasteiger partial charge in [-0.3, -0.25) is 10.1 Å². The molecule has 1 N–H and O–H groups in total. The van der Waals surface area contributed by atoms with E-state index in [0.29, 0.717) is 25.8 Å². The van der Waals surface area contributed by atoms with E-state index in [2.05, 4.69) is 36.6 Å². The van der Waals surface area contributed by atoms with E-state index in [9.17, 15) is 20.0 Å². The van der Waals surface area contributed by atoms with Gasteiger partial charge < -0.3 is 14.6 Å². The zero-order valence-electron chi connectivity index (χ0n) is 13.9. The van der Waals surface area contributed by atoms with Gasteiger partial charge in [0.2, 0.25) is 0 Å². The lowest BCUT2D eigenvalue weighted by Crippen LogP contribution is -2.24. The van der Waals surface area contributed by atoms with E-state index in [1.54, 1.807) is 18.2 Å². The van der Waals surface area contributed by atoms with E-state index in [0.717, 1.165) is 0 Å². The van der Waals surface area contributed by atoms with E-state index in [1.165, 1.54) is 19.2 Å². The van der Waals surface area contributed by atoms with Crippen LogP contribution in [0.25, 0.3) is 0 Å². The summed E-state index contributed by atoms with van der Waals surface area (Å²) in [6, 6.07) is 7.88. The van der Waals surface area contributed by atoms with Crippen LogP contribution in [0.1, 0.15) is 11.1 Å². The first-order chi connectivity index (χ1) is 12.7. The van der Waals surface area contributed by atoms with Crippen molar-refractivity contribution < 1.29 is 24.3 Å². The molecule has 10 heteroatoms. The quantitative estimate of drug-likeness (QED) is 0.328. The number of esters is 1. The number of halogens is 3. The van der Waals surface area contributed by atoms with Gasteiger partial charge in [0.05, 0.1) is 21.0 Å². The van der Waals surface area contributed by atoms with Gasteiger partial charge >= 0.3 is 5.97 Å². The van der Waals surface area contributed by atoms with Gasteiger partial charge in [-0.25, -0.2) is 4.79 Å². The van der Waals surface area contributed by atoms with E-state index in [4.69, 9.17) is 16.3 Å². The van der Waals surface area contributed by atoms with Crippen LogP contribution >= 0.6 is 43.5 Å². The van der Waals surface area contributed by atoms with E-state index < -0.39 is 17.0 Å². The number of aliphatic hydroxyl groups excluding tert-OH is 1. The van der Waals surface area contributed by atoms with E-state index >= 15 is 0 Å². The first-order valence-electron chi connectivity index (χ1n) is 7.53. The molecule has 2 aromatic carbocycles. The highest BCUT2D eigenvalue weighted by Gasteiger charge is 2.19. The van der Waals surface area contributed by atoms with Crippen molar-refractivity contribution in [3.05, 3.63) is 65.5 Å². The molecule has 0 fully saturated rings. The third-order valence-electron chi connectivity index (χ3n) is 3.59. The molecule has 0 amide bonds. The lowest BCUT2D eigenvalue weighted by atomic mass is 10.1. The number of benzene rings is 2. The van der Waals surface area contributed by atoms with Crippen LogP contribution in [0.4, 0.5) is 5.69 Å². The van der Waals surface area contributed by atoms with E-state index in [1.807, 2.05) is 0 Å². The van der Waals surface area contributed by atoms with Gasteiger partial charge in [-0.1, -0.05) is 23.7 Å². The van der Waals surface area contributed by atoms with Crippen LogP contribution in [0.3, 0.4) is 0 Å². The van der Waals surface area contributed by atoms with Gasteiger partial charge in [0.25, 0.3) is 5.69 Å². The Morgan fingerprint density at radius 1 is 1.33 bits per heavy atom. The molecular formula is C17H14Br2ClNO6. The fourth-order valence-electron chi connectivity index (χ4n) is 2.28. The summed E-state index contributed by atoms with van der Waals surface area (Å²) in [5.74, 6) is -0.267. The van der Waals surface area contributed by atoms with Gasteiger partial charge in [-0.05, 0) is 49.6 Å². The molecule has 0 aliphatic carbocycles. The maximum absolute atomic E-state index is 11.3. The summed E-state index contributed by atoms with van der Waals surface area (Å²) < 4.78 is 11.4. The molecule has 0 aromatic heterocycles. The zero-order valence-corrected chi connectivity index (χ0v) is 17.9. The third-order valence-corrected chi connectivity index (χ3v) is 5.20. The SMILES string of the molecule is COC(=O)[C@H](O)Cc1cc(Br)c(OCc2cccc([N+](=O)[O-])c2Cl)c(Br)c1. The molecule has 7 nitrogen and oxygen atoms in total. The fourth-order valence-corrected chi connectivity index (χ4v) is 4.04. The number of hydrogen-bond donors (Lipinski definition) is 1. The van der Waals surface area contributed by atoms with Crippen molar-refractivity contribution in [2.75, 3.05) is 7.11 Å². The summed E-state index contributed by atoms with van der Waals surface area (Å²) >= 11 is 12.8. The molecule has 0 saturated carbocycles. The Bertz CT molecular complexity index is 853. The number of carbonyl (C=O) groups excluding carboxylic acids is 1. The lowest BCUT2D eigenvalue weighted by molar-refractivity contribution is -0.384. The van der Waals surface area contributed by atoms with Crippen molar-refractivity contribution in [2.24, 2.45) is 0 Å². The Morgan fingerprint density at radius 3 is 2.52 bits per heavy atom. The predicted molar refractivity (Wildman–Crippen MR) is 106 cm³/mol. The van der Waals surface area contributed by atoms with Crippen LogP contribution in [-0.2, 0) is 22.6 Å². The molecule has 144 valence electrons. The summed E-state index contributed by atoms with van der Waals surface area (Å²) in [6.07, 6.45) is -1.20. The lowest BCUT2D eigenvalue weighted by Gasteiger charge is -2.14. The molecule has 0 aliphatic heterocycles. The van der Waals surface area contributed by atoms with Gasteiger partial charge in [-0.15, -0.1) is 0 Å². The summed E-state index contributed by atoms with van der Waals surface area (Å²) in [6.45, 7) is 0.0157. The summed E-state index contributed by atoms with van der Waals surface area (Å²) in [5.41, 5.74) is 0.949. The van der Waals surface area contributed by atoms with Crippen LogP contribution < -0.4 is 4.74 Å². The summed E-state index contributed by atoms with van der Waals surface area (Å²) in [5, 5.41) is 20.8. The van der Waals surface area contributed by atoms with E-state index in [-0.39, 0.29) is 23.7 Å². The molecule has 1 atom stereocenters. The molecule has 0 radical (unpaired) electrons. The van der Waals surface area contributed by atoms with Gasteiger partial charge in [0.1, 0.15) is 17.4 Å². The number of methoxy groups -OCH3 is 1. The highest BCUT2D eigenvalue weighted by molar-refractivity contribution is 9.11. The number of nitrogens with zero attached hydrogens (tertiary/aromatic N) is 1. The number of ether oxygens (including phenoxy) is 2. The molecule has 0 saturated heterocycles. The molecule has 0 bridgehead atoms. The van der Waals surface area contributed by atoms with Crippen molar-refractivity contribution in [1.82, 2.24) is 0 Å². The number of hydrogen-bond acceptors (Lipinski definition) is 6. The molecule has 0 aliphatic rings. The molecule has 0 heterocycles.